The first kappa shape index (κ1) is 12.6. The smallest absolute Gasteiger partial charge is 0.371 e. The van der Waals surface area contributed by atoms with Crippen LogP contribution in [-0.4, -0.2) is 48.6 Å². The second kappa shape index (κ2) is 5.22. The number of carbonyl (C=O) groups is 2. The average molecular weight is 252 g/mol. The largest absolute Gasteiger partial charge is 0.475 e. The Morgan fingerprint density at radius 3 is 2.78 bits per heavy atom. The van der Waals surface area contributed by atoms with Gasteiger partial charge in [-0.1, -0.05) is 0 Å². The Morgan fingerprint density at radius 1 is 1.50 bits per heavy atom. The van der Waals surface area contributed by atoms with Crippen molar-refractivity contribution in [2.45, 2.75) is 6.42 Å². The molecule has 0 aromatic carbocycles. The van der Waals surface area contributed by atoms with E-state index in [1.165, 1.54) is 12.1 Å². The average Bonchev–Trinajstić information content (AvgIpc) is 2.94. The van der Waals surface area contributed by atoms with Gasteiger partial charge in [-0.3, -0.25) is 4.79 Å². The van der Waals surface area contributed by atoms with Gasteiger partial charge in [0.2, 0.25) is 5.76 Å². The monoisotopic (exact) mass is 252 g/mol. The minimum Gasteiger partial charge on any atom is -0.475 e. The third-order valence-corrected chi connectivity index (χ3v) is 3.08. The molecule has 1 aromatic heterocycles. The van der Waals surface area contributed by atoms with Crippen LogP contribution in [0.4, 0.5) is 0 Å². The molecule has 1 fully saturated rings. The number of hydrogen-bond donors (Lipinski definition) is 2. The van der Waals surface area contributed by atoms with Crippen LogP contribution < -0.4 is 5.32 Å². The van der Waals surface area contributed by atoms with Crippen LogP contribution in [0.1, 0.15) is 27.5 Å². The van der Waals surface area contributed by atoms with E-state index < -0.39 is 5.97 Å². The highest BCUT2D eigenvalue weighted by Crippen LogP contribution is 2.13. The summed E-state index contributed by atoms with van der Waals surface area (Å²) in [6.45, 7) is 2.61. The molecule has 1 atom stereocenters. The summed E-state index contributed by atoms with van der Waals surface area (Å²) in [4.78, 5) is 24.5. The molecule has 98 valence electrons. The number of carboxylic acid groups (broad SMARTS) is 1. The molecular weight excluding hydrogens is 236 g/mol. The van der Waals surface area contributed by atoms with Gasteiger partial charge >= 0.3 is 5.97 Å². The Labute approximate surface area is 105 Å². The first-order chi connectivity index (χ1) is 8.56. The van der Waals surface area contributed by atoms with Crippen LogP contribution in [0.2, 0.25) is 0 Å². The fraction of sp³-hybridized carbons (Fsp3) is 0.500. The number of furan rings is 1. The van der Waals surface area contributed by atoms with E-state index in [9.17, 15) is 9.59 Å². The molecule has 1 aromatic rings. The fourth-order valence-corrected chi connectivity index (χ4v) is 2.09. The fourth-order valence-electron chi connectivity index (χ4n) is 2.09. The van der Waals surface area contributed by atoms with Crippen LogP contribution in [0.3, 0.4) is 0 Å². The molecule has 2 heterocycles. The molecule has 0 saturated carbocycles. The summed E-state index contributed by atoms with van der Waals surface area (Å²) < 4.78 is 4.92. The second-order valence-electron chi connectivity index (χ2n) is 4.60. The van der Waals surface area contributed by atoms with Crippen LogP contribution in [-0.2, 0) is 0 Å². The Morgan fingerprint density at radius 2 is 2.22 bits per heavy atom. The van der Waals surface area contributed by atoms with E-state index in [2.05, 4.69) is 10.2 Å². The highest BCUT2D eigenvalue weighted by atomic mass is 16.4. The van der Waals surface area contributed by atoms with Crippen molar-refractivity contribution in [1.82, 2.24) is 10.2 Å². The van der Waals surface area contributed by atoms with Gasteiger partial charge in [0.25, 0.3) is 5.91 Å². The molecular formula is C12H16N2O4. The van der Waals surface area contributed by atoms with Crippen molar-refractivity contribution < 1.29 is 19.1 Å². The number of nitrogens with zero attached hydrogens (tertiary/aromatic N) is 1. The first-order valence-corrected chi connectivity index (χ1v) is 5.86. The van der Waals surface area contributed by atoms with E-state index >= 15 is 0 Å². The summed E-state index contributed by atoms with van der Waals surface area (Å²) >= 11 is 0. The maximum atomic E-state index is 11.7. The van der Waals surface area contributed by atoms with E-state index in [1.807, 2.05) is 7.05 Å². The summed E-state index contributed by atoms with van der Waals surface area (Å²) in [5, 5.41) is 11.4. The molecule has 0 bridgehead atoms. The lowest BCUT2D eigenvalue weighted by Crippen LogP contribution is -2.30. The van der Waals surface area contributed by atoms with Crippen LogP contribution in [0.15, 0.2) is 16.5 Å². The summed E-state index contributed by atoms with van der Waals surface area (Å²) in [5.41, 5.74) is 0. The molecule has 0 spiro atoms. The van der Waals surface area contributed by atoms with Crippen LogP contribution in [0.25, 0.3) is 0 Å². The third kappa shape index (κ3) is 2.89. The van der Waals surface area contributed by atoms with Gasteiger partial charge in [-0.15, -0.1) is 0 Å². The van der Waals surface area contributed by atoms with Crippen molar-refractivity contribution in [2.75, 3.05) is 26.7 Å². The summed E-state index contributed by atoms with van der Waals surface area (Å²) in [6, 6.07) is 2.65. The summed E-state index contributed by atoms with van der Waals surface area (Å²) in [6.07, 6.45) is 1.06. The molecule has 2 rings (SSSR count). The van der Waals surface area contributed by atoms with E-state index in [4.69, 9.17) is 9.52 Å². The molecule has 6 heteroatoms. The van der Waals surface area contributed by atoms with Crippen LogP contribution >= 0.6 is 0 Å². The normalized spacial score (nSPS) is 19.9. The molecule has 1 aliphatic heterocycles. The zero-order chi connectivity index (χ0) is 13.1. The lowest BCUT2D eigenvalue weighted by atomic mass is 10.1. The Kier molecular flexibility index (Phi) is 3.66. The SMILES string of the molecule is CN1CCC(CNC(=O)c2ccc(C(=O)O)o2)C1. The predicted octanol–water partition coefficient (Wildman–Crippen LogP) is 0.659. The van der Waals surface area contributed by atoms with Gasteiger partial charge in [0, 0.05) is 13.1 Å². The summed E-state index contributed by atoms with van der Waals surface area (Å²) in [7, 11) is 2.05. The van der Waals surface area contributed by atoms with Crippen molar-refractivity contribution in [3.8, 4) is 0 Å². The van der Waals surface area contributed by atoms with Crippen molar-refractivity contribution in [3.63, 3.8) is 0 Å². The molecule has 6 nitrogen and oxygen atoms in total. The lowest BCUT2D eigenvalue weighted by Gasteiger charge is -2.10. The van der Waals surface area contributed by atoms with Crippen molar-refractivity contribution in [1.29, 1.82) is 0 Å². The zero-order valence-corrected chi connectivity index (χ0v) is 10.2. The number of aromatic carboxylic acids is 1. The summed E-state index contributed by atoms with van der Waals surface area (Å²) in [5.74, 6) is -1.27. The standard InChI is InChI=1S/C12H16N2O4/c1-14-5-4-8(7-14)6-13-11(15)9-2-3-10(18-9)12(16)17/h2-3,8H,4-7H2,1H3,(H,13,15)(H,16,17). The first-order valence-electron chi connectivity index (χ1n) is 5.86. The number of carboxylic acids is 1. The minimum atomic E-state index is -1.17. The van der Waals surface area contributed by atoms with Crippen molar-refractivity contribution in [2.24, 2.45) is 5.92 Å². The van der Waals surface area contributed by atoms with E-state index in [-0.39, 0.29) is 17.4 Å². The number of likely N-dealkylation sites (tertiary alicyclic amines) is 1. The highest BCUT2D eigenvalue weighted by molar-refractivity contribution is 5.93. The molecule has 1 amide bonds. The lowest BCUT2D eigenvalue weighted by molar-refractivity contribution is 0.0659. The quantitative estimate of drug-likeness (QED) is 0.822. The van der Waals surface area contributed by atoms with Gasteiger partial charge in [0.15, 0.2) is 5.76 Å². The van der Waals surface area contributed by atoms with Crippen molar-refractivity contribution in [3.05, 3.63) is 23.7 Å². The predicted molar refractivity (Wildman–Crippen MR) is 63.6 cm³/mol. The Bertz CT molecular complexity index is 455. The second-order valence-corrected chi connectivity index (χ2v) is 4.60. The number of carbonyl (C=O) groups excluding carboxylic acids is 1. The molecule has 0 radical (unpaired) electrons. The Balaban J connectivity index is 1.85. The molecule has 2 N–H and O–H groups in total. The van der Waals surface area contributed by atoms with Crippen LogP contribution in [0, 0.1) is 5.92 Å². The van der Waals surface area contributed by atoms with E-state index in [0.717, 1.165) is 19.5 Å². The Hall–Kier alpha value is -1.82. The number of amides is 1. The van der Waals surface area contributed by atoms with Gasteiger partial charge in [0.1, 0.15) is 0 Å². The van der Waals surface area contributed by atoms with Crippen LogP contribution in [0.5, 0.6) is 0 Å². The topological polar surface area (TPSA) is 82.8 Å². The highest BCUT2D eigenvalue weighted by Gasteiger charge is 2.21. The molecule has 18 heavy (non-hydrogen) atoms. The molecule has 0 aliphatic carbocycles. The van der Waals surface area contributed by atoms with Crippen molar-refractivity contribution >= 4 is 11.9 Å². The van der Waals surface area contributed by atoms with E-state index in [1.54, 1.807) is 0 Å². The third-order valence-electron chi connectivity index (χ3n) is 3.08. The number of nitrogens with one attached hydrogen (secondary N) is 1. The van der Waals surface area contributed by atoms with Gasteiger partial charge in [-0.2, -0.15) is 0 Å². The maximum Gasteiger partial charge on any atom is 0.371 e. The zero-order valence-electron chi connectivity index (χ0n) is 10.2. The van der Waals surface area contributed by atoms with Gasteiger partial charge < -0.3 is 19.7 Å². The molecule has 1 saturated heterocycles. The minimum absolute atomic E-state index is 0.0405. The number of hydrogen-bond acceptors (Lipinski definition) is 4. The van der Waals surface area contributed by atoms with Gasteiger partial charge in [-0.25, -0.2) is 4.79 Å². The van der Waals surface area contributed by atoms with Gasteiger partial charge in [0.05, 0.1) is 0 Å². The molecule has 1 aliphatic rings. The van der Waals surface area contributed by atoms with Gasteiger partial charge in [-0.05, 0) is 38.1 Å². The maximum absolute atomic E-state index is 11.7. The number of rotatable bonds is 4. The molecule has 1 unspecified atom stereocenters. The van der Waals surface area contributed by atoms with E-state index in [0.29, 0.717) is 12.5 Å².